The number of nitrogens with zero attached hydrogens (tertiary/aromatic N) is 1. The van der Waals surface area contributed by atoms with Gasteiger partial charge in [0.1, 0.15) is 5.82 Å². The van der Waals surface area contributed by atoms with Crippen LogP contribution in [-0.2, 0) is 10.0 Å². The Morgan fingerprint density at radius 2 is 2.19 bits per heavy atom. The van der Waals surface area contributed by atoms with Crippen molar-refractivity contribution in [1.82, 2.24) is 9.62 Å². The van der Waals surface area contributed by atoms with Crippen LogP contribution in [-0.4, -0.2) is 39.0 Å². The SMILES string of the molecule is CCN1CCCC1CNS(=O)(=O)c1cc(C)c(F)c(N)c1. The lowest BCUT2D eigenvalue weighted by atomic mass is 10.2. The van der Waals surface area contributed by atoms with Gasteiger partial charge >= 0.3 is 0 Å². The minimum absolute atomic E-state index is 0.0138. The Labute approximate surface area is 125 Å². The average molecular weight is 315 g/mol. The van der Waals surface area contributed by atoms with Crippen LogP contribution in [0.2, 0.25) is 0 Å². The Kier molecular flexibility index (Phi) is 4.85. The van der Waals surface area contributed by atoms with E-state index in [9.17, 15) is 12.8 Å². The minimum Gasteiger partial charge on any atom is -0.396 e. The Bertz CT molecular complexity index is 596. The first-order valence-corrected chi connectivity index (χ1v) is 8.62. The summed E-state index contributed by atoms with van der Waals surface area (Å²) < 4.78 is 40.7. The summed E-state index contributed by atoms with van der Waals surface area (Å²) >= 11 is 0. The molecule has 1 fully saturated rings. The summed E-state index contributed by atoms with van der Waals surface area (Å²) in [6.45, 7) is 5.85. The third-order valence-corrected chi connectivity index (χ3v) is 5.38. The smallest absolute Gasteiger partial charge is 0.240 e. The third kappa shape index (κ3) is 3.53. The molecule has 1 heterocycles. The van der Waals surface area contributed by atoms with Crippen LogP contribution in [0.1, 0.15) is 25.3 Å². The zero-order valence-electron chi connectivity index (χ0n) is 12.4. The third-order valence-electron chi connectivity index (χ3n) is 3.98. The van der Waals surface area contributed by atoms with Crippen molar-refractivity contribution in [2.75, 3.05) is 25.4 Å². The largest absolute Gasteiger partial charge is 0.396 e. The number of aryl methyl sites for hydroxylation is 1. The molecular weight excluding hydrogens is 293 g/mol. The molecule has 1 atom stereocenters. The van der Waals surface area contributed by atoms with Gasteiger partial charge in [-0.15, -0.1) is 0 Å². The summed E-state index contributed by atoms with van der Waals surface area (Å²) in [4.78, 5) is 2.27. The Balaban J connectivity index is 2.12. The number of anilines is 1. The number of halogens is 1. The molecule has 0 aliphatic carbocycles. The molecule has 0 aromatic heterocycles. The molecule has 1 saturated heterocycles. The van der Waals surface area contributed by atoms with Crippen molar-refractivity contribution >= 4 is 15.7 Å². The van der Waals surface area contributed by atoms with E-state index in [4.69, 9.17) is 5.73 Å². The topological polar surface area (TPSA) is 75.4 Å². The van der Waals surface area contributed by atoms with Crippen LogP contribution in [0.25, 0.3) is 0 Å². The van der Waals surface area contributed by atoms with Crippen molar-refractivity contribution in [2.45, 2.75) is 37.6 Å². The standard InChI is InChI=1S/C14H22FN3O2S/c1-3-18-6-4-5-11(18)9-17-21(19,20)12-7-10(2)14(15)13(16)8-12/h7-8,11,17H,3-6,9,16H2,1-2H3. The first kappa shape index (κ1) is 16.2. The van der Waals surface area contributed by atoms with E-state index in [2.05, 4.69) is 16.5 Å². The summed E-state index contributed by atoms with van der Waals surface area (Å²) in [6.07, 6.45) is 2.07. The Morgan fingerprint density at radius 1 is 1.48 bits per heavy atom. The highest BCUT2D eigenvalue weighted by atomic mass is 32.2. The number of nitrogen functional groups attached to an aromatic ring is 1. The van der Waals surface area contributed by atoms with E-state index in [0.717, 1.165) is 32.0 Å². The summed E-state index contributed by atoms with van der Waals surface area (Å²) in [6, 6.07) is 2.70. The molecular formula is C14H22FN3O2S. The van der Waals surface area contributed by atoms with E-state index in [-0.39, 0.29) is 22.2 Å². The number of benzene rings is 1. The van der Waals surface area contributed by atoms with Crippen LogP contribution < -0.4 is 10.5 Å². The Hall–Kier alpha value is -1.18. The van der Waals surface area contributed by atoms with E-state index >= 15 is 0 Å². The number of nitrogens with two attached hydrogens (primary N) is 1. The molecule has 1 aliphatic heterocycles. The van der Waals surface area contributed by atoms with E-state index in [1.54, 1.807) is 0 Å². The second-order valence-electron chi connectivity index (χ2n) is 5.42. The lowest BCUT2D eigenvalue weighted by Crippen LogP contribution is -2.40. The van der Waals surface area contributed by atoms with Crippen molar-refractivity contribution in [3.05, 3.63) is 23.5 Å². The van der Waals surface area contributed by atoms with Crippen molar-refractivity contribution in [3.63, 3.8) is 0 Å². The minimum atomic E-state index is -3.66. The van der Waals surface area contributed by atoms with Gasteiger partial charge in [-0.05, 0) is 50.6 Å². The summed E-state index contributed by atoms with van der Waals surface area (Å²) in [5.41, 5.74) is 5.59. The normalized spacial score (nSPS) is 20.0. The van der Waals surface area contributed by atoms with Crippen molar-refractivity contribution in [1.29, 1.82) is 0 Å². The molecule has 0 amide bonds. The van der Waals surface area contributed by atoms with E-state index < -0.39 is 15.8 Å². The number of nitrogens with one attached hydrogen (secondary N) is 1. The average Bonchev–Trinajstić information content (AvgIpc) is 2.89. The molecule has 3 N–H and O–H groups in total. The van der Waals surface area contributed by atoms with Gasteiger partial charge < -0.3 is 5.73 Å². The lowest BCUT2D eigenvalue weighted by Gasteiger charge is -2.22. The van der Waals surface area contributed by atoms with Crippen LogP contribution in [0.5, 0.6) is 0 Å². The van der Waals surface area contributed by atoms with Crippen LogP contribution in [0.15, 0.2) is 17.0 Å². The molecule has 21 heavy (non-hydrogen) atoms. The van der Waals surface area contributed by atoms with Gasteiger partial charge in [0, 0.05) is 12.6 Å². The number of rotatable bonds is 5. The lowest BCUT2D eigenvalue weighted by molar-refractivity contribution is 0.268. The number of hydrogen-bond donors (Lipinski definition) is 2. The second kappa shape index (κ2) is 6.29. The molecule has 0 radical (unpaired) electrons. The first-order valence-electron chi connectivity index (χ1n) is 7.14. The molecule has 1 aliphatic rings. The highest BCUT2D eigenvalue weighted by Crippen LogP contribution is 2.21. The highest BCUT2D eigenvalue weighted by Gasteiger charge is 2.25. The Morgan fingerprint density at radius 3 is 2.81 bits per heavy atom. The maximum Gasteiger partial charge on any atom is 0.240 e. The van der Waals surface area contributed by atoms with Crippen LogP contribution in [0.3, 0.4) is 0 Å². The fourth-order valence-electron chi connectivity index (χ4n) is 2.75. The molecule has 0 spiro atoms. The molecule has 0 bridgehead atoms. The van der Waals surface area contributed by atoms with Gasteiger partial charge in [-0.2, -0.15) is 0 Å². The molecule has 1 aromatic rings. The van der Waals surface area contributed by atoms with E-state index in [1.165, 1.54) is 13.0 Å². The number of likely N-dealkylation sites (tertiary alicyclic amines) is 1. The maximum atomic E-state index is 13.5. The van der Waals surface area contributed by atoms with Crippen LogP contribution in [0, 0.1) is 12.7 Å². The summed E-state index contributed by atoms with van der Waals surface area (Å²) in [7, 11) is -3.66. The van der Waals surface area contributed by atoms with E-state index in [1.807, 2.05) is 0 Å². The van der Waals surface area contributed by atoms with Gasteiger partial charge in [0.25, 0.3) is 0 Å². The molecule has 0 saturated carbocycles. The number of sulfonamides is 1. The van der Waals surface area contributed by atoms with Crippen LogP contribution >= 0.6 is 0 Å². The summed E-state index contributed by atoms with van der Waals surface area (Å²) in [5, 5.41) is 0. The van der Waals surface area contributed by atoms with Gasteiger partial charge in [0.2, 0.25) is 10.0 Å². The predicted molar refractivity (Wildman–Crippen MR) is 81.0 cm³/mol. The fraction of sp³-hybridized carbons (Fsp3) is 0.571. The van der Waals surface area contributed by atoms with Gasteiger partial charge in [-0.3, -0.25) is 4.90 Å². The monoisotopic (exact) mass is 315 g/mol. The summed E-state index contributed by atoms with van der Waals surface area (Å²) in [5.74, 6) is -0.568. The van der Waals surface area contributed by atoms with Gasteiger partial charge in [-0.25, -0.2) is 17.5 Å². The number of hydrogen-bond acceptors (Lipinski definition) is 4. The van der Waals surface area contributed by atoms with Gasteiger partial charge in [0.05, 0.1) is 10.6 Å². The quantitative estimate of drug-likeness (QED) is 0.807. The van der Waals surface area contributed by atoms with Gasteiger partial charge in [-0.1, -0.05) is 6.92 Å². The maximum absolute atomic E-state index is 13.5. The van der Waals surface area contributed by atoms with Crippen molar-refractivity contribution in [3.8, 4) is 0 Å². The molecule has 5 nitrogen and oxygen atoms in total. The molecule has 2 rings (SSSR count). The molecule has 118 valence electrons. The van der Waals surface area contributed by atoms with Crippen molar-refractivity contribution in [2.24, 2.45) is 0 Å². The van der Waals surface area contributed by atoms with Crippen LogP contribution in [0.4, 0.5) is 10.1 Å². The van der Waals surface area contributed by atoms with Crippen molar-refractivity contribution < 1.29 is 12.8 Å². The van der Waals surface area contributed by atoms with E-state index in [0.29, 0.717) is 6.54 Å². The zero-order chi connectivity index (χ0) is 15.6. The molecule has 1 unspecified atom stereocenters. The first-order chi connectivity index (χ1) is 9.85. The highest BCUT2D eigenvalue weighted by molar-refractivity contribution is 7.89. The van der Waals surface area contributed by atoms with Gasteiger partial charge in [0.15, 0.2) is 0 Å². The number of likely N-dealkylation sites (N-methyl/N-ethyl adjacent to an activating group) is 1. The fourth-order valence-corrected chi connectivity index (χ4v) is 3.94. The molecule has 1 aromatic carbocycles. The predicted octanol–water partition coefficient (Wildman–Crippen LogP) is 1.48. The molecule has 7 heteroatoms. The second-order valence-corrected chi connectivity index (χ2v) is 7.19. The zero-order valence-corrected chi connectivity index (χ0v) is 13.2.